The molecule has 2 rings (SSSR count). The van der Waals surface area contributed by atoms with Crippen LogP contribution in [0.4, 0.5) is 5.82 Å². The fourth-order valence-electron chi connectivity index (χ4n) is 1.76. The zero-order valence-electron chi connectivity index (χ0n) is 11.0. The number of aromatic nitrogens is 2. The van der Waals surface area contributed by atoms with Crippen LogP contribution >= 0.6 is 0 Å². The van der Waals surface area contributed by atoms with Crippen molar-refractivity contribution in [1.82, 2.24) is 9.78 Å². The van der Waals surface area contributed by atoms with Gasteiger partial charge in [0, 0.05) is 7.05 Å². The maximum atomic E-state index is 12.5. The highest BCUT2D eigenvalue weighted by Crippen LogP contribution is 2.27. The number of nitrogens with two attached hydrogens (primary N) is 1. The average Bonchev–Trinajstić information content (AvgIpc) is 2.77. The first-order valence-corrected chi connectivity index (χ1v) is 5.62. The number of methoxy groups -OCH3 is 2. The number of nitrogen functional groups attached to an aromatic ring is 1. The third kappa shape index (κ3) is 2.24. The summed E-state index contributed by atoms with van der Waals surface area (Å²) in [6, 6.07) is 5.02. The molecule has 0 saturated carbocycles. The Labute approximate surface area is 110 Å². The van der Waals surface area contributed by atoms with Gasteiger partial charge in [0.05, 0.1) is 31.5 Å². The lowest BCUT2D eigenvalue weighted by Gasteiger charge is -2.09. The second-order valence-corrected chi connectivity index (χ2v) is 3.96. The van der Waals surface area contributed by atoms with E-state index < -0.39 is 0 Å². The number of benzene rings is 1. The van der Waals surface area contributed by atoms with E-state index in [1.807, 2.05) is 0 Å². The van der Waals surface area contributed by atoms with Crippen molar-refractivity contribution in [2.75, 3.05) is 20.0 Å². The maximum absolute atomic E-state index is 12.5. The SMILES string of the molecule is COc1ccc(OC)c(C(=O)c2cnn(C)c2N)c1. The van der Waals surface area contributed by atoms with E-state index in [9.17, 15) is 4.79 Å². The summed E-state index contributed by atoms with van der Waals surface area (Å²) < 4.78 is 11.8. The largest absolute Gasteiger partial charge is 0.497 e. The Bertz CT molecular complexity index is 620. The highest BCUT2D eigenvalue weighted by molar-refractivity contribution is 6.13. The normalized spacial score (nSPS) is 10.3. The van der Waals surface area contributed by atoms with Gasteiger partial charge in [-0.25, -0.2) is 0 Å². The van der Waals surface area contributed by atoms with Crippen LogP contribution < -0.4 is 15.2 Å². The van der Waals surface area contributed by atoms with E-state index in [1.165, 1.54) is 25.1 Å². The van der Waals surface area contributed by atoms with Crippen molar-refractivity contribution in [3.8, 4) is 11.5 Å². The molecular formula is C13H15N3O3. The van der Waals surface area contributed by atoms with Gasteiger partial charge in [-0.05, 0) is 18.2 Å². The van der Waals surface area contributed by atoms with Gasteiger partial charge in [-0.1, -0.05) is 0 Å². The standard InChI is InChI=1S/C13H15N3O3/c1-16-13(14)10(7-15-16)12(17)9-6-8(18-2)4-5-11(9)19-3/h4-7H,14H2,1-3H3. The Kier molecular flexibility index (Phi) is 3.41. The smallest absolute Gasteiger partial charge is 0.202 e. The number of nitrogens with zero attached hydrogens (tertiary/aromatic N) is 2. The van der Waals surface area contributed by atoms with E-state index in [4.69, 9.17) is 15.2 Å². The van der Waals surface area contributed by atoms with Crippen molar-refractivity contribution in [3.05, 3.63) is 35.5 Å². The molecule has 0 amide bonds. The summed E-state index contributed by atoms with van der Waals surface area (Å²) in [6.45, 7) is 0. The molecule has 0 bridgehead atoms. The summed E-state index contributed by atoms with van der Waals surface area (Å²) >= 11 is 0. The van der Waals surface area contributed by atoms with Crippen LogP contribution in [0, 0.1) is 0 Å². The molecule has 0 fully saturated rings. The molecule has 2 aromatic rings. The summed E-state index contributed by atoms with van der Waals surface area (Å²) in [4.78, 5) is 12.5. The second kappa shape index (κ2) is 5.01. The van der Waals surface area contributed by atoms with Crippen LogP contribution in [0.15, 0.2) is 24.4 Å². The summed E-state index contributed by atoms with van der Waals surface area (Å²) in [5.41, 5.74) is 6.54. The van der Waals surface area contributed by atoms with E-state index in [0.29, 0.717) is 28.4 Å². The number of ketones is 1. The summed E-state index contributed by atoms with van der Waals surface area (Å²) in [5.74, 6) is 1.11. The van der Waals surface area contributed by atoms with Gasteiger partial charge in [0.1, 0.15) is 17.3 Å². The minimum absolute atomic E-state index is 0.249. The Balaban J connectivity index is 2.51. The van der Waals surface area contributed by atoms with Crippen molar-refractivity contribution in [3.63, 3.8) is 0 Å². The van der Waals surface area contributed by atoms with Crippen LogP contribution in [0.5, 0.6) is 11.5 Å². The number of aryl methyl sites for hydroxylation is 1. The first-order chi connectivity index (χ1) is 9.08. The molecule has 100 valence electrons. The Morgan fingerprint density at radius 3 is 2.53 bits per heavy atom. The molecule has 6 nitrogen and oxygen atoms in total. The number of anilines is 1. The average molecular weight is 261 g/mol. The number of hydrogen-bond acceptors (Lipinski definition) is 5. The van der Waals surface area contributed by atoms with E-state index in [-0.39, 0.29) is 5.78 Å². The first kappa shape index (κ1) is 12.9. The van der Waals surface area contributed by atoms with Gasteiger partial charge in [0.2, 0.25) is 5.78 Å². The maximum Gasteiger partial charge on any atom is 0.202 e. The van der Waals surface area contributed by atoms with E-state index in [1.54, 1.807) is 25.2 Å². The molecule has 0 radical (unpaired) electrons. The highest BCUT2D eigenvalue weighted by atomic mass is 16.5. The van der Waals surface area contributed by atoms with Crippen LogP contribution in [-0.2, 0) is 7.05 Å². The summed E-state index contributed by atoms with van der Waals surface area (Å²) in [6.07, 6.45) is 1.44. The molecule has 0 spiro atoms. The molecule has 0 aliphatic heterocycles. The first-order valence-electron chi connectivity index (χ1n) is 5.62. The van der Waals surface area contributed by atoms with E-state index in [2.05, 4.69) is 5.10 Å². The van der Waals surface area contributed by atoms with Gasteiger partial charge in [-0.15, -0.1) is 0 Å². The topological polar surface area (TPSA) is 79.4 Å². The highest BCUT2D eigenvalue weighted by Gasteiger charge is 2.20. The second-order valence-electron chi connectivity index (χ2n) is 3.96. The zero-order valence-corrected chi connectivity index (χ0v) is 11.0. The molecule has 1 heterocycles. The summed E-state index contributed by atoms with van der Waals surface area (Å²) in [5, 5.41) is 3.96. The molecule has 2 N–H and O–H groups in total. The third-order valence-corrected chi connectivity index (χ3v) is 2.88. The molecule has 1 aromatic carbocycles. The molecule has 0 aliphatic rings. The molecule has 0 aliphatic carbocycles. The third-order valence-electron chi connectivity index (χ3n) is 2.88. The van der Waals surface area contributed by atoms with Crippen LogP contribution in [0.3, 0.4) is 0 Å². The molecule has 1 aromatic heterocycles. The zero-order chi connectivity index (χ0) is 14.0. The lowest BCUT2D eigenvalue weighted by atomic mass is 10.0. The van der Waals surface area contributed by atoms with Gasteiger partial charge in [0.25, 0.3) is 0 Å². The lowest BCUT2D eigenvalue weighted by Crippen LogP contribution is -2.07. The Morgan fingerprint density at radius 2 is 2.00 bits per heavy atom. The molecular weight excluding hydrogens is 246 g/mol. The fraction of sp³-hybridized carbons (Fsp3) is 0.231. The molecule has 0 unspecified atom stereocenters. The Hall–Kier alpha value is -2.50. The van der Waals surface area contributed by atoms with Crippen LogP contribution in [-0.4, -0.2) is 29.8 Å². The predicted molar refractivity (Wildman–Crippen MR) is 70.6 cm³/mol. The van der Waals surface area contributed by atoms with Gasteiger partial charge < -0.3 is 15.2 Å². The number of hydrogen-bond donors (Lipinski definition) is 1. The van der Waals surface area contributed by atoms with Crippen LogP contribution in [0.1, 0.15) is 15.9 Å². The Morgan fingerprint density at radius 1 is 1.26 bits per heavy atom. The van der Waals surface area contributed by atoms with Gasteiger partial charge in [-0.2, -0.15) is 5.10 Å². The van der Waals surface area contributed by atoms with Gasteiger partial charge in [-0.3, -0.25) is 9.48 Å². The fourth-order valence-corrected chi connectivity index (χ4v) is 1.76. The van der Waals surface area contributed by atoms with E-state index >= 15 is 0 Å². The molecule has 0 saturated heterocycles. The van der Waals surface area contributed by atoms with Crippen LogP contribution in [0.2, 0.25) is 0 Å². The van der Waals surface area contributed by atoms with Crippen molar-refractivity contribution >= 4 is 11.6 Å². The van der Waals surface area contributed by atoms with Crippen molar-refractivity contribution in [1.29, 1.82) is 0 Å². The van der Waals surface area contributed by atoms with Gasteiger partial charge >= 0.3 is 0 Å². The van der Waals surface area contributed by atoms with Crippen LogP contribution in [0.25, 0.3) is 0 Å². The summed E-state index contributed by atoms with van der Waals surface area (Å²) in [7, 11) is 4.72. The minimum Gasteiger partial charge on any atom is -0.497 e. The van der Waals surface area contributed by atoms with Crippen molar-refractivity contribution in [2.45, 2.75) is 0 Å². The van der Waals surface area contributed by atoms with E-state index in [0.717, 1.165) is 0 Å². The monoisotopic (exact) mass is 261 g/mol. The predicted octanol–water partition coefficient (Wildman–Crippen LogP) is 1.25. The van der Waals surface area contributed by atoms with Crippen molar-refractivity contribution in [2.24, 2.45) is 7.05 Å². The number of ether oxygens (including phenoxy) is 2. The number of rotatable bonds is 4. The molecule has 0 atom stereocenters. The minimum atomic E-state index is -0.249. The molecule has 19 heavy (non-hydrogen) atoms. The van der Waals surface area contributed by atoms with Crippen molar-refractivity contribution < 1.29 is 14.3 Å². The quantitative estimate of drug-likeness (QED) is 0.838. The molecule has 6 heteroatoms. The lowest BCUT2D eigenvalue weighted by molar-refractivity contribution is 0.103. The van der Waals surface area contributed by atoms with Gasteiger partial charge in [0.15, 0.2) is 0 Å². The number of carbonyl (C=O) groups is 1. The number of carbonyl (C=O) groups excluding carboxylic acids is 1.